The molecule has 0 radical (unpaired) electrons. The second-order valence-corrected chi connectivity index (χ2v) is 4.54. The van der Waals surface area contributed by atoms with E-state index in [9.17, 15) is 14.9 Å². The second kappa shape index (κ2) is 7.48. The van der Waals surface area contributed by atoms with Crippen LogP contribution in [0, 0.1) is 10.1 Å². The van der Waals surface area contributed by atoms with E-state index in [2.05, 4.69) is 5.32 Å². The van der Waals surface area contributed by atoms with Crippen molar-refractivity contribution in [3.63, 3.8) is 0 Å². The van der Waals surface area contributed by atoms with Crippen LogP contribution in [0.1, 0.15) is 25.3 Å². The molecule has 104 valence electrons. The molecule has 0 aliphatic heterocycles. The van der Waals surface area contributed by atoms with Gasteiger partial charge in [0, 0.05) is 31.1 Å². The van der Waals surface area contributed by atoms with Crippen LogP contribution in [0.2, 0.25) is 0 Å². The van der Waals surface area contributed by atoms with E-state index in [1.54, 1.807) is 12.1 Å². The number of benzene rings is 1. The van der Waals surface area contributed by atoms with Gasteiger partial charge in [-0.1, -0.05) is 12.1 Å². The molecule has 0 aromatic heterocycles. The van der Waals surface area contributed by atoms with E-state index < -0.39 is 4.92 Å². The van der Waals surface area contributed by atoms with E-state index in [0.717, 1.165) is 12.0 Å². The smallest absolute Gasteiger partial charge is 0.269 e. The highest BCUT2D eigenvalue weighted by Gasteiger charge is 2.07. The van der Waals surface area contributed by atoms with E-state index in [0.29, 0.717) is 19.4 Å². The van der Waals surface area contributed by atoms with Crippen LogP contribution >= 0.6 is 0 Å². The largest absolute Gasteiger partial charge is 0.356 e. The Bertz CT molecular complexity index is 447. The van der Waals surface area contributed by atoms with Gasteiger partial charge in [0.15, 0.2) is 0 Å². The van der Waals surface area contributed by atoms with Crippen molar-refractivity contribution in [1.82, 2.24) is 5.32 Å². The molecule has 6 nitrogen and oxygen atoms in total. The summed E-state index contributed by atoms with van der Waals surface area (Å²) in [6.45, 7) is 2.45. The summed E-state index contributed by atoms with van der Waals surface area (Å²) in [7, 11) is 0. The van der Waals surface area contributed by atoms with Crippen LogP contribution < -0.4 is 11.1 Å². The first kappa shape index (κ1) is 15.1. The van der Waals surface area contributed by atoms with Gasteiger partial charge >= 0.3 is 0 Å². The predicted octanol–water partition coefficient (Wildman–Crippen LogP) is 1.38. The monoisotopic (exact) mass is 265 g/mol. The Hall–Kier alpha value is -1.95. The number of aryl methyl sites for hydroxylation is 1. The van der Waals surface area contributed by atoms with Gasteiger partial charge in [-0.15, -0.1) is 0 Å². The van der Waals surface area contributed by atoms with Crippen molar-refractivity contribution >= 4 is 11.6 Å². The maximum atomic E-state index is 11.5. The van der Waals surface area contributed by atoms with Crippen molar-refractivity contribution in [1.29, 1.82) is 0 Å². The number of nitro groups is 1. The molecular weight excluding hydrogens is 246 g/mol. The van der Waals surface area contributed by atoms with Crippen LogP contribution in [0.4, 0.5) is 5.69 Å². The lowest BCUT2D eigenvalue weighted by atomic mass is 10.1. The number of rotatable bonds is 7. The molecule has 0 aliphatic carbocycles. The Morgan fingerprint density at radius 2 is 2.26 bits per heavy atom. The molecule has 0 saturated heterocycles. The number of nitrogens with two attached hydrogens (primary N) is 1. The minimum Gasteiger partial charge on any atom is -0.356 e. The van der Waals surface area contributed by atoms with Crippen molar-refractivity contribution in [2.24, 2.45) is 5.73 Å². The molecule has 1 aromatic carbocycles. The van der Waals surface area contributed by atoms with E-state index in [1.165, 1.54) is 12.1 Å². The van der Waals surface area contributed by atoms with Gasteiger partial charge in [-0.25, -0.2) is 0 Å². The number of carbonyl (C=O) groups is 1. The lowest BCUT2D eigenvalue weighted by Crippen LogP contribution is -2.29. The first-order valence-corrected chi connectivity index (χ1v) is 6.24. The Labute approximate surface area is 112 Å². The number of nitro benzene ring substituents is 1. The van der Waals surface area contributed by atoms with Crippen molar-refractivity contribution in [3.8, 4) is 0 Å². The normalized spacial score (nSPS) is 11.9. The molecule has 19 heavy (non-hydrogen) atoms. The Morgan fingerprint density at radius 1 is 1.53 bits per heavy atom. The maximum absolute atomic E-state index is 11.5. The number of carbonyl (C=O) groups excluding carboxylic acids is 1. The van der Waals surface area contributed by atoms with Crippen LogP contribution in [0.15, 0.2) is 24.3 Å². The third-order valence-electron chi connectivity index (χ3n) is 2.68. The number of nitrogens with zero attached hydrogens (tertiary/aromatic N) is 1. The molecule has 0 heterocycles. The van der Waals surface area contributed by atoms with Gasteiger partial charge < -0.3 is 11.1 Å². The van der Waals surface area contributed by atoms with Crippen molar-refractivity contribution < 1.29 is 9.72 Å². The SMILES string of the molecule is CC(N)CCNC(=O)CCc1cccc([N+](=O)[O-])c1. The topological polar surface area (TPSA) is 98.3 Å². The minimum absolute atomic E-state index is 0.0508. The lowest BCUT2D eigenvalue weighted by molar-refractivity contribution is -0.384. The molecule has 0 spiro atoms. The molecule has 0 saturated carbocycles. The average Bonchev–Trinajstić information content (AvgIpc) is 2.36. The van der Waals surface area contributed by atoms with Crippen LogP contribution in [0.3, 0.4) is 0 Å². The molecule has 0 aliphatic rings. The molecule has 3 N–H and O–H groups in total. The van der Waals surface area contributed by atoms with Crippen LogP contribution in [-0.2, 0) is 11.2 Å². The third-order valence-corrected chi connectivity index (χ3v) is 2.68. The third kappa shape index (κ3) is 5.96. The number of hydrogen-bond acceptors (Lipinski definition) is 4. The summed E-state index contributed by atoms with van der Waals surface area (Å²) in [4.78, 5) is 21.7. The number of amides is 1. The minimum atomic E-state index is -0.438. The summed E-state index contributed by atoms with van der Waals surface area (Å²) in [6.07, 6.45) is 1.55. The summed E-state index contributed by atoms with van der Waals surface area (Å²) in [5.74, 6) is -0.0628. The van der Waals surface area contributed by atoms with Gasteiger partial charge in [0.1, 0.15) is 0 Å². The van der Waals surface area contributed by atoms with E-state index in [-0.39, 0.29) is 17.6 Å². The average molecular weight is 265 g/mol. The maximum Gasteiger partial charge on any atom is 0.269 e. The van der Waals surface area contributed by atoms with Crippen molar-refractivity contribution in [2.45, 2.75) is 32.2 Å². The zero-order valence-corrected chi connectivity index (χ0v) is 11.0. The van der Waals surface area contributed by atoms with Gasteiger partial charge in [-0.3, -0.25) is 14.9 Å². The van der Waals surface area contributed by atoms with E-state index >= 15 is 0 Å². The summed E-state index contributed by atoms with van der Waals surface area (Å²) in [5.41, 5.74) is 6.41. The highest BCUT2D eigenvalue weighted by molar-refractivity contribution is 5.76. The lowest BCUT2D eigenvalue weighted by Gasteiger charge is -2.07. The summed E-state index contributed by atoms with van der Waals surface area (Å²) in [6, 6.07) is 6.41. The first-order chi connectivity index (χ1) is 8.99. The summed E-state index contributed by atoms with van der Waals surface area (Å²) >= 11 is 0. The van der Waals surface area contributed by atoms with Crippen LogP contribution in [0.5, 0.6) is 0 Å². The highest BCUT2D eigenvalue weighted by Crippen LogP contribution is 2.14. The molecule has 1 unspecified atom stereocenters. The second-order valence-electron chi connectivity index (χ2n) is 4.54. The summed E-state index contributed by atoms with van der Waals surface area (Å²) in [5, 5.41) is 13.4. The van der Waals surface area contributed by atoms with E-state index in [1.807, 2.05) is 6.92 Å². The van der Waals surface area contributed by atoms with Gasteiger partial charge in [0.25, 0.3) is 5.69 Å². The highest BCUT2D eigenvalue weighted by atomic mass is 16.6. The van der Waals surface area contributed by atoms with Crippen LogP contribution in [0.25, 0.3) is 0 Å². The quantitative estimate of drug-likeness (QED) is 0.574. The number of nitrogens with one attached hydrogen (secondary N) is 1. The molecule has 6 heteroatoms. The molecule has 0 bridgehead atoms. The summed E-state index contributed by atoms with van der Waals surface area (Å²) < 4.78 is 0. The Kier molecular flexibility index (Phi) is 5.95. The van der Waals surface area contributed by atoms with Gasteiger partial charge in [-0.05, 0) is 25.3 Å². The fourth-order valence-electron chi connectivity index (χ4n) is 1.61. The molecule has 1 atom stereocenters. The van der Waals surface area contributed by atoms with Gasteiger partial charge in [-0.2, -0.15) is 0 Å². The van der Waals surface area contributed by atoms with Crippen molar-refractivity contribution in [2.75, 3.05) is 6.54 Å². The first-order valence-electron chi connectivity index (χ1n) is 6.24. The zero-order chi connectivity index (χ0) is 14.3. The molecule has 1 amide bonds. The molecule has 1 aromatic rings. The molecule has 0 fully saturated rings. The van der Waals surface area contributed by atoms with Gasteiger partial charge in [0.2, 0.25) is 5.91 Å². The number of hydrogen-bond donors (Lipinski definition) is 2. The predicted molar refractivity (Wildman–Crippen MR) is 72.7 cm³/mol. The Morgan fingerprint density at radius 3 is 2.89 bits per heavy atom. The standard InChI is InChI=1S/C13H19N3O3/c1-10(14)7-8-15-13(17)6-5-11-3-2-4-12(9-11)16(18)19/h2-4,9-10H,5-8,14H2,1H3,(H,15,17). The Balaban J connectivity index is 2.37. The van der Waals surface area contributed by atoms with Crippen molar-refractivity contribution in [3.05, 3.63) is 39.9 Å². The fraction of sp³-hybridized carbons (Fsp3) is 0.462. The molecule has 1 rings (SSSR count). The van der Waals surface area contributed by atoms with Crippen LogP contribution in [-0.4, -0.2) is 23.4 Å². The zero-order valence-electron chi connectivity index (χ0n) is 11.0. The number of non-ortho nitro benzene ring substituents is 1. The van der Waals surface area contributed by atoms with E-state index in [4.69, 9.17) is 5.73 Å². The molecular formula is C13H19N3O3. The van der Waals surface area contributed by atoms with Gasteiger partial charge in [0.05, 0.1) is 4.92 Å². The fourth-order valence-corrected chi connectivity index (χ4v) is 1.61.